The molecule has 1 heterocycles. The van der Waals surface area contributed by atoms with Crippen LogP contribution in [-0.4, -0.2) is 27.7 Å². The van der Waals surface area contributed by atoms with Crippen LogP contribution in [0.15, 0.2) is 60.2 Å². The van der Waals surface area contributed by atoms with E-state index < -0.39 is 0 Å². The Bertz CT molecular complexity index is 1030. The molecule has 0 radical (unpaired) electrons. The first kappa shape index (κ1) is 19.6. The van der Waals surface area contributed by atoms with Crippen LogP contribution in [0.25, 0.3) is 0 Å². The highest BCUT2D eigenvalue weighted by Gasteiger charge is 2.07. The van der Waals surface area contributed by atoms with Gasteiger partial charge in [-0.2, -0.15) is 14.9 Å². The summed E-state index contributed by atoms with van der Waals surface area (Å²) in [5.41, 5.74) is 3.17. The van der Waals surface area contributed by atoms with Crippen molar-refractivity contribution in [3.05, 3.63) is 82.4 Å². The minimum absolute atomic E-state index is 0.246. The molecule has 6 nitrogen and oxygen atoms in total. The summed E-state index contributed by atoms with van der Waals surface area (Å²) in [4.78, 5) is 0. The van der Waals surface area contributed by atoms with Crippen LogP contribution in [-0.2, 0) is 6.61 Å². The zero-order chi connectivity index (χ0) is 19.9. The van der Waals surface area contributed by atoms with E-state index in [0.717, 1.165) is 28.2 Å². The molecule has 144 valence electrons. The molecule has 0 saturated carbocycles. The Morgan fingerprint density at radius 1 is 1.14 bits per heavy atom. The van der Waals surface area contributed by atoms with Gasteiger partial charge in [0, 0.05) is 0 Å². The van der Waals surface area contributed by atoms with Crippen molar-refractivity contribution in [3.63, 3.8) is 0 Å². The van der Waals surface area contributed by atoms with Gasteiger partial charge in [0.05, 0.1) is 6.21 Å². The predicted molar refractivity (Wildman–Crippen MR) is 113 cm³/mol. The molecule has 2 aromatic carbocycles. The van der Waals surface area contributed by atoms with Crippen LogP contribution in [0.5, 0.6) is 11.5 Å². The average Bonchev–Trinajstić information content (AvgIpc) is 3.02. The largest absolute Gasteiger partial charge is 0.490 e. The second kappa shape index (κ2) is 9.14. The summed E-state index contributed by atoms with van der Waals surface area (Å²) in [5.74, 6) is 2.12. The third-order valence-corrected chi connectivity index (χ3v) is 4.09. The molecule has 0 amide bonds. The number of nitrogens with zero attached hydrogens (tertiary/aromatic N) is 3. The Morgan fingerprint density at radius 2 is 1.93 bits per heavy atom. The van der Waals surface area contributed by atoms with Crippen molar-refractivity contribution < 1.29 is 9.47 Å². The normalized spacial score (nSPS) is 10.9. The highest BCUT2D eigenvalue weighted by molar-refractivity contribution is 7.71. The third-order valence-electron chi connectivity index (χ3n) is 3.83. The maximum atomic E-state index is 5.87. The number of aromatic amines is 1. The lowest BCUT2D eigenvalue weighted by Crippen LogP contribution is -2.04. The van der Waals surface area contributed by atoms with Crippen molar-refractivity contribution in [2.75, 3.05) is 6.61 Å². The van der Waals surface area contributed by atoms with E-state index in [4.69, 9.17) is 21.7 Å². The molecule has 0 saturated heterocycles. The number of aromatic nitrogens is 3. The summed E-state index contributed by atoms with van der Waals surface area (Å²) in [6.45, 7) is 8.42. The van der Waals surface area contributed by atoms with Crippen LogP contribution in [0.1, 0.15) is 22.5 Å². The molecule has 28 heavy (non-hydrogen) atoms. The first-order chi connectivity index (χ1) is 13.5. The maximum Gasteiger partial charge on any atom is 0.216 e. The summed E-state index contributed by atoms with van der Waals surface area (Å²) in [6, 6.07) is 13.7. The Balaban J connectivity index is 1.74. The highest BCUT2D eigenvalue weighted by Crippen LogP contribution is 2.17. The molecule has 0 atom stereocenters. The third kappa shape index (κ3) is 5.17. The molecule has 0 spiro atoms. The SMILES string of the molecule is C=CCOc1cccc(/C=N\n2c(COc3cc(C)cc(C)c3)n[nH]c2=S)c1. The van der Waals surface area contributed by atoms with Crippen molar-refractivity contribution in [1.82, 2.24) is 14.9 Å². The van der Waals surface area contributed by atoms with Crippen LogP contribution in [0.3, 0.4) is 0 Å². The molecule has 0 aliphatic heterocycles. The number of nitrogens with one attached hydrogen (secondary N) is 1. The Kier molecular flexibility index (Phi) is 6.39. The van der Waals surface area contributed by atoms with Gasteiger partial charge in [0.25, 0.3) is 0 Å². The van der Waals surface area contributed by atoms with Crippen molar-refractivity contribution in [2.45, 2.75) is 20.5 Å². The van der Waals surface area contributed by atoms with Gasteiger partial charge >= 0.3 is 0 Å². The number of hydrogen-bond donors (Lipinski definition) is 1. The van der Waals surface area contributed by atoms with E-state index in [-0.39, 0.29) is 6.61 Å². The summed E-state index contributed by atoms with van der Waals surface area (Å²) >= 11 is 5.28. The van der Waals surface area contributed by atoms with Crippen LogP contribution in [0, 0.1) is 18.6 Å². The lowest BCUT2D eigenvalue weighted by atomic mass is 10.1. The smallest absolute Gasteiger partial charge is 0.216 e. The van der Waals surface area contributed by atoms with Gasteiger partial charge in [-0.25, -0.2) is 5.10 Å². The highest BCUT2D eigenvalue weighted by atomic mass is 32.1. The van der Waals surface area contributed by atoms with Crippen molar-refractivity contribution in [2.24, 2.45) is 5.10 Å². The van der Waals surface area contributed by atoms with E-state index in [1.807, 2.05) is 50.2 Å². The molecule has 0 unspecified atom stereocenters. The number of benzene rings is 2. The molecule has 0 bridgehead atoms. The van der Waals surface area contributed by atoms with E-state index in [0.29, 0.717) is 17.2 Å². The second-order valence-electron chi connectivity index (χ2n) is 6.29. The van der Waals surface area contributed by atoms with Crippen molar-refractivity contribution in [3.8, 4) is 11.5 Å². The molecule has 0 aliphatic rings. The van der Waals surface area contributed by atoms with Gasteiger partial charge in [-0.1, -0.05) is 30.9 Å². The maximum absolute atomic E-state index is 5.87. The first-order valence-corrected chi connectivity index (χ1v) is 9.21. The lowest BCUT2D eigenvalue weighted by Gasteiger charge is -2.07. The second-order valence-corrected chi connectivity index (χ2v) is 6.67. The predicted octanol–water partition coefficient (Wildman–Crippen LogP) is 4.58. The molecule has 3 rings (SSSR count). The van der Waals surface area contributed by atoms with Crippen LogP contribution < -0.4 is 9.47 Å². The zero-order valence-corrected chi connectivity index (χ0v) is 16.7. The number of H-pyrrole nitrogens is 1. The van der Waals surface area contributed by atoms with E-state index in [1.54, 1.807) is 17.0 Å². The Labute approximate surface area is 169 Å². The molecule has 7 heteroatoms. The standard InChI is InChI=1S/C21H22N4O2S/c1-4-8-26-18-7-5-6-17(12-18)13-22-25-20(23-24-21(25)28)14-27-19-10-15(2)9-16(3)11-19/h4-7,9-13H,1,8,14H2,2-3H3,(H,24,28)/b22-13-. The quantitative estimate of drug-likeness (QED) is 0.345. The molecular formula is C21H22N4O2S. The fourth-order valence-corrected chi connectivity index (χ4v) is 2.86. The van der Waals surface area contributed by atoms with Crippen molar-refractivity contribution in [1.29, 1.82) is 0 Å². The summed E-state index contributed by atoms with van der Waals surface area (Å²) in [5, 5.41) is 11.4. The average molecular weight is 395 g/mol. The topological polar surface area (TPSA) is 64.4 Å². The summed E-state index contributed by atoms with van der Waals surface area (Å²) in [7, 11) is 0. The number of hydrogen-bond acceptors (Lipinski definition) is 5. The van der Waals surface area contributed by atoms with Gasteiger partial charge in [0.2, 0.25) is 4.77 Å². The molecular weight excluding hydrogens is 372 g/mol. The van der Waals surface area contributed by atoms with Gasteiger partial charge in [-0.15, -0.1) is 0 Å². The van der Waals surface area contributed by atoms with Gasteiger partial charge in [-0.05, 0) is 67.0 Å². The molecule has 0 fully saturated rings. The fraction of sp³-hybridized carbons (Fsp3) is 0.190. The lowest BCUT2D eigenvalue weighted by molar-refractivity contribution is 0.290. The Morgan fingerprint density at radius 3 is 2.68 bits per heavy atom. The molecule has 3 aromatic rings. The van der Waals surface area contributed by atoms with E-state index in [9.17, 15) is 0 Å². The molecule has 1 aromatic heterocycles. The van der Waals surface area contributed by atoms with Gasteiger partial charge in [0.1, 0.15) is 24.7 Å². The van der Waals surface area contributed by atoms with E-state index >= 15 is 0 Å². The minimum Gasteiger partial charge on any atom is -0.490 e. The number of aryl methyl sites for hydroxylation is 2. The monoisotopic (exact) mass is 394 g/mol. The minimum atomic E-state index is 0.246. The molecule has 1 N–H and O–H groups in total. The summed E-state index contributed by atoms with van der Waals surface area (Å²) in [6.07, 6.45) is 3.40. The number of ether oxygens (including phenoxy) is 2. The van der Waals surface area contributed by atoms with Crippen molar-refractivity contribution >= 4 is 18.4 Å². The van der Waals surface area contributed by atoms with Gasteiger partial charge < -0.3 is 9.47 Å². The van der Waals surface area contributed by atoms with Gasteiger partial charge in [0.15, 0.2) is 5.82 Å². The Hall–Kier alpha value is -3.19. The molecule has 0 aliphatic carbocycles. The number of rotatable bonds is 8. The van der Waals surface area contributed by atoms with Crippen LogP contribution in [0.2, 0.25) is 0 Å². The summed E-state index contributed by atoms with van der Waals surface area (Å²) < 4.78 is 13.4. The van der Waals surface area contributed by atoms with Crippen LogP contribution >= 0.6 is 12.2 Å². The van der Waals surface area contributed by atoms with Gasteiger partial charge in [-0.3, -0.25) is 0 Å². The van der Waals surface area contributed by atoms with E-state index in [2.05, 4.69) is 27.9 Å². The fourth-order valence-electron chi connectivity index (χ4n) is 2.67. The zero-order valence-electron chi connectivity index (χ0n) is 15.9. The van der Waals surface area contributed by atoms with Crippen LogP contribution in [0.4, 0.5) is 0 Å². The first-order valence-electron chi connectivity index (χ1n) is 8.80. The van der Waals surface area contributed by atoms with E-state index in [1.165, 1.54) is 0 Å².